The van der Waals surface area contributed by atoms with Crippen LogP contribution in [0.4, 0.5) is 0 Å². The van der Waals surface area contributed by atoms with Crippen molar-refractivity contribution in [2.75, 3.05) is 65.9 Å². The monoisotopic (exact) mass is 766 g/mol. The zero-order valence-corrected chi connectivity index (χ0v) is 29.1. The first-order valence-electron chi connectivity index (χ1n) is 13.0. The van der Waals surface area contributed by atoms with E-state index in [4.69, 9.17) is 29.4 Å². The van der Waals surface area contributed by atoms with Gasteiger partial charge < -0.3 is 34.7 Å². The van der Waals surface area contributed by atoms with E-state index in [2.05, 4.69) is 53.1 Å². The van der Waals surface area contributed by atoms with E-state index >= 15 is 0 Å². The molecule has 14 heteroatoms. The van der Waals surface area contributed by atoms with Gasteiger partial charge in [0.05, 0.1) is 42.8 Å². The van der Waals surface area contributed by atoms with Crippen molar-refractivity contribution in [2.45, 2.75) is 67.4 Å². The van der Waals surface area contributed by atoms with Crippen molar-refractivity contribution in [1.29, 1.82) is 0 Å². The highest BCUT2D eigenvalue weighted by Crippen LogP contribution is 2.31. The number of esters is 2. The van der Waals surface area contributed by atoms with Crippen molar-refractivity contribution in [3.8, 4) is 0 Å². The van der Waals surface area contributed by atoms with Crippen LogP contribution in [0, 0.1) is 5.41 Å². The Balaban J connectivity index is 5.39. The van der Waals surface area contributed by atoms with Crippen LogP contribution in [0.3, 0.4) is 0 Å². The largest absolute Gasteiger partial charge is 0.464 e. The van der Waals surface area contributed by atoms with Gasteiger partial charge >= 0.3 is 11.9 Å². The number of rotatable bonds is 22. The van der Waals surface area contributed by atoms with Gasteiger partial charge in [-0.1, -0.05) is 47.8 Å². The van der Waals surface area contributed by atoms with Gasteiger partial charge in [0.2, 0.25) is 5.91 Å². The molecule has 0 fully saturated rings. The average Bonchev–Trinajstić information content (AvgIpc) is 2.83. The third-order valence-corrected chi connectivity index (χ3v) is 6.47. The normalized spacial score (nSPS) is 12.7. The maximum absolute atomic E-state index is 12.7. The second kappa shape index (κ2) is 18.8. The summed E-state index contributed by atoms with van der Waals surface area (Å²) in [7, 11) is 0. The summed E-state index contributed by atoms with van der Waals surface area (Å²) in [4.78, 5) is 50.1. The Labute approximate surface area is 263 Å². The van der Waals surface area contributed by atoms with Crippen LogP contribution in [0.1, 0.15) is 54.4 Å². The minimum Gasteiger partial charge on any atom is -0.464 e. The molecule has 0 aliphatic heterocycles. The topological polar surface area (TPSA) is 152 Å². The number of nitrogens with one attached hydrogen (secondary N) is 1. The van der Waals surface area contributed by atoms with E-state index in [9.17, 15) is 19.2 Å². The smallest absolute Gasteiger partial charge is 0.322 e. The molecule has 0 aliphatic rings. The maximum atomic E-state index is 12.7. The van der Waals surface area contributed by atoms with Crippen LogP contribution in [-0.2, 0) is 42.9 Å². The molecule has 11 nitrogen and oxygen atoms in total. The van der Waals surface area contributed by atoms with Crippen molar-refractivity contribution in [2.24, 2.45) is 11.1 Å². The lowest BCUT2D eigenvalue weighted by Gasteiger charge is -2.34. The Morgan fingerprint density at radius 1 is 0.700 bits per heavy atom. The zero-order valence-electron chi connectivity index (χ0n) is 24.4. The second-order valence-corrected chi connectivity index (χ2v) is 16.8. The summed E-state index contributed by atoms with van der Waals surface area (Å²) in [5.74, 6) is -1.56. The van der Waals surface area contributed by atoms with Gasteiger partial charge in [-0.25, -0.2) is 0 Å². The van der Waals surface area contributed by atoms with Gasteiger partial charge in [0.1, 0.15) is 34.3 Å². The lowest BCUT2D eigenvalue weighted by Crippen LogP contribution is -2.43. The maximum Gasteiger partial charge on any atom is 0.322 e. The molecule has 0 aliphatic carbocycles. The highest BCUT2D eigenvalue weighted by molar-refractivity contribution is 9.10. The first-order chi connectivity index (χ1) is 18.3. The van der Waals surface area contributed by atoms with Crippen molar-refractivity contribution in [1.82, 2.24) is 5.32 Å². The first kappa shape index (κ1) is 39.4. The van der Waals surface area contributed by atoms with E-state index in [1.807, 2.05) is 0 Å². The summed E-state index contributed by atoms with van der Waals surface area (Å²) in [5, 5.41) is 2.69. The number of halogens is 3. The molecule has 40 heavy (non-hydrogen) atoms. The molecule has 0 bridgehead atoms. The molecule has 0 aromatic carbocycles. The fraction of sp³-hybridized carbons (Fsp3) is 0.846. The van der Waals surface area contributed by atoms with Crippen LogP contribution in [0.25, 0.3) is 0 Å². The standard InChI is InChI=1S/C26H45Br3N2O9/c1-23(2,27)19(32)7-8-26(17-39-21(34)24(3,4)28,18-40-22(35)25(5,6)29)16-38-15-20(33)31-10-12-37-14-13-36-11-9-30/h7-18,30H2,1-6H3,(H,31,33). The third-order valence-electron chi connectivity index (χ3n) is 5.38. The molecule has 0 unspecified atom stereocenters. The van der Waals surface area contributed by atoms with E-state index in [0.717, 1.165) is 0 Å². The lowest BCUT2D eigenvalue weighted by atomic mass is 9.83. The highest BCUT2D eigenvalue weighted by atomic mass is 79.9. The van der Waals surface area contributed by atoms with Crippen LogP contribution >= 0.6 is 47.8 Å². The van der Waals surface area contributed by atoms with Gasteiger partial charge in [0.15, 0.2) is 0 Å². The number of hydrogen-bond donors (Lipinski definition) is 2. The van der Waals surface area contributed by atoms with E-state index in [1.165, 1.54) is 0 Å². The van der Waals surface area contributed by atoms with E-state index in [0.29, 0.717) is 33.0 Å². The predicted molar refractivity (Wildman–Crippen MR) is 162 cm³/mol. The molecular weight excluding hydrogens is 724 g/mol. The van der Waals surface area contributed by atoms with Crippen molar-refractivity contribution in [3.63, 3.8) is 0 Å². The second-order valence-electron chi connectivity index (χ2n) is 10.8. The molecule has 0 heterocycles. The Morgan fingerprint density at radius 3 is 1.65 bits per heavy atom. The molecule has 3 N–H and O–H groups in total. The van der Waals surface area contributed by atoms with E-state index in [1.54, 1.807) is 41.5 Å². The highest BCUT2D eigenvalue weighted by Gasteiger charge is 2.39. The molecule has 234 valence electrons. The van der Waals surface area contributed by atoms with Crippen LogP contribution in [0.2, 0.25) is 0 Å². The van der Waals surface area contributed by atoms with Crippen LogP contribution in [-0.4, -0.2) is 103 Å². The SMILES string of the molecule is CC(C)(Br)C(=O)CCC(COCC(=O)NCCOCCOCCN)(COC(=O)C(C)(C)Br)COC(=O)C(C)(C)Br. The van der Waals surface area contributed by atoms with Gasteiger partial charge in [-0.15, -0.1) is 0 Å². The van der Waals surface area contributed by atoms with Crippen LogP contribution in [0.15, 0.2) is 0 Å². The van der Waals surface area contributed by atoms with Crippen molar-refractivity contribution in [3.05, 3.63) is 0 Å². The predicted octanol–water partition coefficient (Wildman–Crippen LogP) is 3.05. The van der Waals surface area contributed by atoms with Crippen LogP contribution in [0.5, 0.6) is 0 Å². The molecular formula is C26H45Br3N2O9. The van der Waals surface area contributed by atoms with Crippen molar-refractivity contribution >= 4 is 71.4 Å². The molecule has 0 aromatic heterocycles. The van der Waals surface area contributed by atoms with Gasteiger partial charge in [-0.05, 0) is 48.0 Å². The molecule has 0 radical (unpaired) electrons. The van der Waals surface area contributed by atoms with Gasteiger partial charge in [-0.2, -0.15) is 0 Å². The Kier molecular flexibility index (Phi) is 18.5. The zero-order chi connectivity index (χ0) is 31.0. The molecule has 0 saturated carbocycles. The van der Waals surface area contributed by atoms with Gasteiger partial charge in [-0.3, -0.25) is 19.2 Å². The van der Waals surface area contributed by atoms with Crippen molar-refractivity contribution < 1.29 is 42.9 Å². The number of amides is 1. The number of carbonyl (C=O) groups is 4. The fourth-order valence-electron chi connectivity index (χ4n) is 2.88. The summed E-state index contributed by atoms with van der Waals surface area (Å²) < 4.78 is 24.7. The number of carbonyl (C=O) groups excluding carboxylic acids is 4. The number of ether oxygens (including phenoxy) is 5. The molecule has 0 rings (SSSR count). The first-order valence-corrected chi connectivity index (χ1v) is 15.4. The number of alkyl halides is 3. The number of nitrogens with two attached hydrogens (primary N) is 1. The summed E-state index contributed by atoms with van der Waals surface area (Å²) in [6, 6.07) is 0. The Bertz CT molecular complexity index is 733. The quantitative estimate of drug-likeness (QED) is 0.0956. The minimum atomic E-state index is -1.09. The Morgan fingerprint density at radius 2 is 1.20 bits per heavy atom. The molecule has 0 atom stereocenters. The number of ketones is 1. The van der Waals surface area contributed by atoms with E-state index < -0.39 is 30.3 Å². The van der Waals surface area contributed by atoms with Gasteiger partial charge in [0.25, 0.3) is 0 Å². The number of hydrogen-bond acceptors (Lipinski definition) is 10. The number of Topliss-reactive ketones (excluding diaryl/α,β-unsaturated/α-hetero) is 1. The summed E-state index contributed by atoms with van der Waals surface area (Å²) in [5.41, 5.74) is 4.25. The Hall–Kier alpha value is -0.640. The lowest BCUT2D eigenvalue weighted by molar-refractivity contribution is -0.161. The molecule has 1 amide bonds. The van der Waals surface area contributed by atoms with Gasteiger partial charge in [0, 0.05) is 19.5 Å². The summed E-state index contributed by atoms with van der Waals surface area (Å²) in [6.07, 6.45) is 0.263. The minimum absolute atomic E-state index is 0.0879. The summed E-state index contributed by atoms with van der Waals surface area (Å²) in [6.45, 7) is 11.5. The average molecular weight is 769 g/mol. The molecule has 0 spiro atoms. The third kappa shape index (κ3) is 18.0. The fourth-order valence-corrected chi connectivity index (χ4v) is 3.30. The summed E-state index contributed by atoms with van der Waals surface area (Å²) >= 11 is 9.93. The van der Waals surface area contributed by atoms with Crippen LogP contribution < -0.4 is 11.1 Å². The van der Waals surface area contributed by atoms with E-state index in [-0.39, 0.29) is 57.5 Å². The molecule has 0 aromatic rings. The molecule has 0 saturated heterocycles.